The molecule has 66 valence electrons. The normalized spacial score (nSPS) is 12.0. The summed E-state index contributed by atoms with van der Waals surface area (Å²) in [5.74, 6) is -0.216. The highest BCUT2D eigenvalue weighted by Crippen LogP contribution is 2.01. The first-order valence-corrected chi connectivity index (χ1v) is 5.20. The van der Waals surface area contributed by atoms with Crippen molar-refractivity contribution in [1.82, 2.24) is 4.72 Å². The van der Waals surface area contributed by atoms with Gasteiger partial charge in [-0.3, -0.25) is 0 Å². The molecule has 0 aliphatic heterocycles. The third-order valence-electron chi connectivity index (χ3n) is 0.762. The van der Waals surface area contributed by atoms with Gasteiger partial charge < -0.3 is 0 Å². The summed E-state index contributed by atoms with van der Waals surface area (Å²) in [6, 6.07) is -0.101. The van der Waals surface area contributed by atoms with Crippen LogP contribution in [-0.2, 0) is 10.0 Å². The number of sulfonamides is 1. The molecule has 0 atom stereocenters. The molecule has 0 aromatic carbocycles. The van der Waals surface area contributed by atoms with E-state index in [4.69, 9.17) is 11.6 Å². The summed E-state index contributed by atoms with van der Waals surface area (Å²) in [7, 11) is -3.26. The zero-order valence-electron chi connectivity index (χ0n) is 6.59. The predicted octanol–water partition coefficient (Wildman–Crippen LogP) is 1.07. The minimum Gasteiger partial charge on any atom is -0.212 e. The number of hydrogen-bond acceptors (Lipinski definition) is 2. The van der Waals surface area contributed by atoms with Gasteiger partial charge in [0.05, 0.1) is 5.75 Å². The van der Waals surface area contributed by atoms with Crippen LogP contribution in [0.3, 0.4) is 0 Å². The Morgan fingerprint density at radius 3 is 2.36 bits per heavy atom. The second kappa shape index (κ2) is 4.09. The van der Waals surface area contributed by atoms with Crippen LogP contribution in [0.1, 0.15) is 13.8 Å². The quantitative estimate of drug-likeness (QED) is 0.733. The van der Waals surface area contributed by atoms with Crippen molar-refractivity contribution in [3.63, 3.8) is 0 Å². The molecule has 0 unspecified atom stereocenters. The second-order valence-corrected chi connectivity index (χ2v) is 4.84. The van der Waals surface area contributed by atoms with Gasteiger partial charge in [-0.2, -0.15) is 0 Å². The van der Waals surface area contributed by atoms with Crippen molar-refractivity contribution in [1.29, 1.82) is 0 Å². The molecule has 0 saturated heterocycles. The molecule has 0 rings (SSSR count). The van der Waals surface area contributed by atoms with Crippen molar-refractivity contribution in [3.8, 4) is 0 Å². The lowest BCUT2D eigenvalue weighted by Crippen LogP contribution is -2.32. The lowest BCUT2D eigenvalue weighted by molar-refractivity contribution is 0.573. The summed E-state index contributed by atoms with van der Waals surface area (Å²) in [6.07, 6.45) is 0. The topological polar surface area (TPSA) is 46.2 Å². The molecule has 0 heterocycles. The van der Waals surface area contributed by atoms with Crippen LogP contribution >= 0.6 is 11.6 Å². The van der Waals surface area contributed by atoms with Crippen molar-refractivity contribution in [2.24, 2.45) is 0 Å². The summed E-state index contributed by atoms with van der Waals surface area (Å²) in [5.41, 5.74) is 0. The van der Waals surface area contributed by atoms with Gasteiger partial charge in [-0.15, -0.1) is 0 Å². The van der Waals surface area contributed by atoms with E-state index in [-0.39, 0.29) is 16.8 Å². The zero-order valence-corrected chi connectivity index (χ0v) is 8.17. The Kier molecular flexibility index (Phi) is 4.07. The SMILES string of the molecule is C=C(Cl)CS(=O)(=O)NC(C)C. The average Bonchev–Trinajstić information content (AvgIpc) is 1.53. The van der Waals surface area contributed by atoms with Crippen LogP contribution < -0.4 is 4.72 Å². The summed E-state index contributed by atoms with van der Waals surface area (Å²) in [4.78, 5) is 0. The molecule has 0 radical (unpaired) electrons. The molecule has 3 nitrogen and oxygen atoms in total. The van der Waals surface area contributed by atoms with E-state index in [1.54, 1.807) is 13.8 Å². The molecule has 0 aliphatic carbocycles. The molecule has 0 amide bonds. The summed E-state index contributed by atoms with van der Waals surface area (Å²) >= 11 is 5.33. The van der Waals surface area contributed by atoms with Gasteiger partial charge in [-0.1, -0.05) is 18.2 Å². The van der Waals surface area contributed by atoms with Gasteiger partial charge in [0.15, 0.2) is 0 Å². The Morgan fingerprint density at radius 2 is 2.09 bits per heavy atom. The van der Waals surface area contributed by atoms with Gasteiger partial charge in [-0.25, -0.2) is 13.1 Å². The van der Waals surface area contributed by atoms with Crippen LogP contribution in [0.25, 0.3) is 0 Å². The molecule has 0 bridgehead atoms. The number of nitrogens with one attached hydrogen (secondary N) is 1. The largest absolute Gasteiger partial charge is 0.216 e. The molecular weight excluding hydrogens is 186 g/mol. The second-order valence-electron chi connectivity index (χ2n) is 2.55. The maximum atomic E-state index is 11.0. The van der Waals surface area contributed by atoms with Crippen LogP contribution in [0.15, 0.2) is 11.6 Å². The molecule has 0 aromatic rings. The Morgan fingerprint density at radius 1 is 1.64 bits per heavy atom. The first-order chi connectivity index (χ1) is 4.83. The van der Waals surface area contributed by atoms with Gasteiger partial charge in [-0.05, 0) is 13.8 Å². The van der Waals surface area contributed by atoms with Crippen LogP contribution in [-0.4, -0.2) is 20.2 Å². The Bertz CT molecular complexity index is 233. The molecule has 1 N–H and O–H groups in total. The van der Waals surface area contributed by atoms with Gasteiger partial charge >= 0.3 is 0 Å². The molecule has 0 fully saturated rings. The minimum atomic E-state index is -3.26. The minimum absolute atomic E-state index is 0.101. The van der Waals surface area contributed by atoms with E-state index in [1.807, 2.05) is 0 Å². The van der Waals surface area contributed by atoms with Crippen molar-refractivity contribution < 1.29 is 8.42 Å². The monoisotopic (exact) mass is 197 g/mol. The van der Waals surface area contributed by atoms with Gasteiger partial charge in [0.2, 0.25) is 10.0 Å². The Labute approximate surface area is 72.5 Å². The smallest absolute Gasteiger partial charge is 0.212 e. The van der Waals surface area contributed by atoms with E-state index >= 15 is 0 Å². The van der Waals surface area contributed by atoms with Crippen LogP contribution in [0.2, 0.25) is 0 Å². The molecule has 0 spiro atoms. The highest BCUT2D eigenvalue weighted by Gasteiger charge is 2.11. The average molecular weight is 198 g/mol. The first kappa shape index (κ1) is 10.9. The van der Waals surface area contributed by atoms with Crippen molar-refractivity contribution >= 4 is 21.6 Å². The number of rotatable bonds is 4. The maximum absolute atomic E-state index is 11.0. The fourth-order valence-corrected chi connectivity index (χ4v) is 2.25. The summed E-state index contributed by atoms with van der Waals surface area (Å²) < 4.78 is 24.4. The van der Waals surface area contributed by atoms with E-state index in [0.29, 0.717) is 0 Å². The van der Waals surface area contributed by atoms with Crippen molar-refractivity contribution in [3.05, 3.63) is 11.6 Å². The van der Waals surface area contributed by atoms with E-state index in [2.05, 4.69) is 11.3 Å². The molecule has 0 aromatic heterocycles. The van der Waals surface area contributed by atoms with E-state index < -0.39 is 10.0 Å². The molecular formula is C6H12ClNO2S. The van der Waals surface area contributed by atoms with Crippen LogP contribution in [0.5, 0.6) is 0 Å². The fraction of sp³-hybridized carbons (Fsp3) is 0.667. The molecule has 5 heteroatoms. The highest BCUT2D eigenvalue weighted by molar-refractivity contribution is 7.89. The summed E-state index contributed by atoms with van der Waals surface area (Å²) in [6.45, 7) is 6.78. The predicted molar refractivity (Wildman–Crippen MR) is 47.1 cm³/mol. The third-order valence-corrected chi connectivity index (χ3v) is 2.61. The van der Waals surface area contributed by atoms with Gasteiger partial charge in [0, 0.05) is 11.1 Å². The molecule has 11 heavy (non-hydrogen) atoms. The lowest BCUT2D eigenvalue weighted by atomic mass is 10.4. The fourth-order valence-electron chi connectivity index (χ4n) is 0.607. The molecule has 0 saturated carbocycles. The van der Waals surface area contributed by atoms with E-state index in [1.165, 1.54) is 0 Å². The van der Waals surface area contributed by atoms with E-state index in [0.717, 1.165) is 0 Å². The van der Waals surface area contributed by atoms with E-state index in [9.17, 15) is 8.42 Å². The summed E-state index contributed by atoms with van der Waals surface area (Å²) in [5, 5.41) is 0.123. The third kappa shape index (κ3) is 6.34. The first-order valence-electron chi connectivity index (χ1n) is 3.17. The Balaban J connectivity index is 4.14. The molecule has 0 aliphatic rings. The van der Waals surface area contributed by atoms with Crippen molar-refractivity contribution in [2.75, 3.05) is 5.75 Å². The number of hydrogen-bond donors (Lipinski definition) is 1. The van der Waals surface area contributed by atoms with Crippen LogP contribution in [0.4, 0.5) is 0 Å². The maximum Gasteiger partial charge on any atom is 0.216 e. The van der Waals surface area contributed by atoms with Crippen LogP contribution in [0, 0.1) is 0 Å². The lowest BCUT2D eigenvalue weighted by Gasteiger charge is -2.07. The Hall–Kier alpha value is -0.0600. The zero-order chi connectivity index (χ0) is 9.07. The van der Waals surface area contributed by atoms with Crippen molar-refractivity contribution in [2.45, 2.75) is 19.9 Å². The standard InChI is InChI=1S/C6H12ClNO2S/c1-5(2)8-11(9,10)4-6(3)7/h5,8H,3-4H2,1-2H3. The number of halogens is 1. The van der Waals surface area contributed by atoms with Gasteiger partial charge in [0.1, 0.15) is 0 Å². The van der Waals surface area contributed by atoms with Gasteiger partial charge in [0.25, 0.3) is 0 Å². The highest BCUT2D eigenvalue weighted by atomic mass is 35.5.